The van der Waals surface area contributed by atoms with Crippen molar-refractivity contribution < 1.29 is 0 Å². The van der Waals surface area contributed by atoms with E-state index in [1.54, 1.807) is 6.20 Å². The lowest BCUT2D eigenvalue weighted by Crippen LogP contribution is -1.83. The molecule has 2 aromatic rings. The van der Waals surface area contributed by atoms with Crippen LogP contribution < -0.4 is 0 Å². The molecular formula is C6H5ClN4. The summed E-state index contributed by atoms with van der Waals surface area (Å²) in [6.45, 7) is 0. The van der Waals surface area contributed by atoms with Crippen LogP contribution in [-0.2, 0) is 5.88 Å². The summed E-state index contributed by atoms with van der Waals surface area (Å²) in [5, 5.41) is 10.9. The van der Waals surface area contributed by atoms with Crippen molar-refractivity contribution in [3.8, 4) is 0 Å². The predicted octanol–water partition coefficient (Wildman–Crippen LogP) is 1.09. The van der Waals surface area contributed by atoms with Gasteiger partial charge in [0.2, 0.25) is 0 Å². The van der Waals surface area contributed by atoms with Gasteiger partial charge in [-0.05, 0) is 11.3 Å². The van der Waals surface area contributed by atoms with Crippen LogP contribution in [0.4, 0.5) is 0 Å². The van der Waals surface area contributed by atoms with Crippen LogP contribution >= 0.6 is 11.6 Å². The lowest BCUT2D eigenvalue weighted by Gasteiger charge is -1.82. The minimum absolute atomic E-state index is 0.455. The number of hydrogen-bond donors (Lipinski definition) is 1. The van der Waals surface area contributed by atoms with Crippen LogP contribution in [0.25, 0.3) is 11.0 Å². The van der Waals surface area contributed by atoms with Crippen LogP contribution in [0.2, 0.25) is 0 Å². The molecule has 0 saturated heterocycles. The summed E-state index contributed by atoms with van der Waals surface area (Å²) in [6.07, 6.45) is 1.62. The van der Waals surface area contributed by atoms with E-state index in [0.29, 0.717) is 5.88 Å². The molecule has 2 aromatic heterocycles. The topological polar surface area (TPSA) is 54.5 Å². The zero-order chi connectivity index (χ0) is 7.68. The van der Waals surface area contributed by atoms with Gasteiger partial charge in [-0.3, -0.25) is 0 Å². The smallest absolute Gasteiger partial charge is 0.114 e. The maximum atomic E-state index is 5.60. The van der Waals surface area contributed by atoms with Gasteiger partial charge in [0, 0.05) is 5.69 Å². The van der Waals surface area contributed by atoms with Crippen molar-refractivity contribution in [2.75, 3.05) is 0 Å². The first-order valence-electron chi connectivity index (χ1n) is 3.12. The van der Waals surface area contributed by atoms with Gasteiger partial charge in [0.25, 0.3) is 0 Å². The van der Waals surface area contributed by atoms with Gasteiger partial charge in [-0.15, -0.1) is 21.8 Å². The van der Waals surface area contributed by atoms with Crippen molar-refractivity contribution in [3.05, 3.63) is 18.0 Å². The highest BCUT2D eigenvalue weighted by Gasteiger charge is 1.99. The monoisotopic (exact) mass is 168 g/mol. The van der Waals surface area contributed by atoms with Gasteiger partial charge in [0.05, 0.1) is 17.6 Å². The molecular weight excluding hydrogens is 164 g/mol. The number of H-pyrrole nitrogens is 1. The molecule has 0 aromatic carbocycles. The van der Waals surface area contributed by atoms with Crippen molar-refractivity contribution in [2.45, 2.75) is 5.88 Å². The number of aromatic nitrogens is 4. The summed E-state index contributed by atoms with van der Waals surface area (Å²) < 4.78 is 0. The third-order valence-electron chi connectivity index (χ3n) is 1.42. The van der Waals surface area contributed by atoms with Crippen LogP contribution in [0.1, 0.15) is 5.69 Å². The summed E-state index contributed by atoms with van der Waals surface area (Å²) in [7, 11) is 0. The number of nitrogens with one attached hydrogen (secondary N) is 1. The molecule has 0 atom stereocenters. The van der Waals surface area contributed by atoms with E-state index < -0.39 is 0 Å². The average Bonchev–Trinajstić information content (AvgIpc) is 2.46. The van der Waals surface area contributed by atoms with Crippen LogP contribution in [0.15, 0.2) is 12.3 Å². The standard InChI is InChI=1S/C6H5ClN4/c7-2-4-1-5-6(9-4)3-8-11-10-5/h1,3,9H,2H2. The number of fused-ring (bicyclic) bond motifs is 1. The van der Waals surface area contributed by atoms with E-state index in [-0.39, 0.29) is 0 Å². The molecule has 2 rings (SSSR count). The first kappa shape index (κ1) is 6.54. The minimum Gasteiger partial charge on any atom is -0.355 e. The Balaban J connectivity index is 2.69. The second-order valence-corrected chi connectivity index (χ2v) is 2.43. The molecule has 0 aliphatic rings. The molecule has 0 aliphatic carbocycles. The lowest BCUT2D eigenvalue weighted by atomic mass is 10.4. The fourth-order valence-corrected chi connectivity index (χ4v) is 1.07. The van der Waals surface area contributed by atoms with Crippen molar-refractivity contribution in [1.29, 1.82) is 0 Å². The molecule has 5 heteroatoms. The molecule has 56 valence electrons. The molecule has 1 N–H and O–H groups in total. The first-order valence-corrected chi connectivity index (χ1v) is 3.65. The van der Waals surface area contributed by atoms with Crippen molar-refractivity contribution in [2.24, 2.45) is 0 Å². The Morgan fingerprint density at radius 2 is 2.45 bits per heavy atom. The van der Waals surface area contributed by atoms with Crippen LogP contribution in [-0.4, -0.2) is 20.4 Å². The summed E-state index contributed by atoms with van der Waals surface area (Å²) in [6, 6.07) is 1.86. The minimum atomic E-state index is 0.455. The zero-order valence-corrected chi connectivity index (χ0v) is 6.34. The Labute approximate surface area is 67.6 Å². The van der Waals surface area contributed by atoms with E-state index in [9.17, 15) is 0 Å². The number of halogens is 1. The maximum Gasteiger partial charge on any atom is 0.114 e. The van der Waals surface area contributed by atoms with Gasteiger partial charge >= 0.3 is 0 Å². The van der Waals surface area contributed by atoms with E-state index in [2.05, 4.69) is 20.4 Å². The van der Waals surface area contributed by atoms with Crippen LogP contribution in [0.5, 0.6) is 0 Å². The molecule has 0 spiro atoms. The van der Waals surface area contributed by atoms with E-state index in [4.69, 9.17) is 11.6 Å². The van der Waals surface area contributed by atoms with Crippen LogP contribution in [0.3, 0.4) is 0 Å². The van der Waals surface area contributed by atoms with Crippen molar-refractivity contribution in [3.63, 3.8) is 0 Å². The highest BCUT2D eigenvalue weighted by Crippen LogP contribution is 2.11. The molecule has 0 saturated carbocycles. The SMILES string of the molecule is ClCc1cc2nnncc2[nH]1. The average molecular weight is 169 g/mol. The van der Waals surface area contributed by atoms with Gasteiger partial charge < -0.3 is 4.98 Å². The highest BCUT2D eigenvalue weighted by atomic mass is 35.5. The molecule has 0 fully saturated rings. The van der Waals surface area contributed by atoms with Gasteiger partial charge in [-0.2, -0.15) is 0 Å². The largest absolute Gasteiger partial charge is 0.355 e. The fraction of sp³-hybridized carbons (Fsp3) is 0.167. The fourth-order valence-electron chi connectivity index (χ4n) is 0.927. The zero-order valence-electron chi connectivity index (χ0n) is 5.58. The Morgan fingerprint density at radius 1 is 1.55 bits per heavy atom. The van der Waals surface area contributed by atoms with Crippen molar-refractivity contribution >= 4 is 22.6 Å². The second-order valence-electron chi connectivity index (χ2n) is 2.16. The van der Waals surface area contributed by atoms with Gasteiger partial charge in [0.15, 0.2) is 0 Å². The van der Waals surface area contributed by atoms with E-state index in [1.165, 1.54) is 0 Å². The Hall–Kier alpha value is -1.16. The number of rotatable bonds is 1. The molecule has 0 amide bonds. The molecule has 0 unspecified atom stereocenters. The summed E-state index contributed by atoms with van der Waals surface area (Å²) in [5.74, 6) is 0.455. The Kier molecular flexibility index (Phi) is 1.47. The van der Waals surface area contributed by atoms with Gasteiger partial charge in [-0.25, -0.2) is 0 Å². The summed E-state index contributed by atoms with van der Waals surface area (Å²) >= 11 is 5.60. The van der Waals surface area contributed by atoms with Crippen molar-refractivity contribution in [1.82, 2.24) is 20.4 Å². The maximum absolute atomic E-state index is 5.60. The molecule has 11 heavy (non-hydrogen) atoms. The van der Waals surface area contributed by atoms with E-state index in [0.717, 1.165) is 16.7 Å². The number of aromatic amines is 1. The second kappa shape index (κ2) is 2.47. The summed E-state index contributed by atoms with van der Waals surface area (Å²) in [5.41, 5.74) is 2.61. The lowest BCUT2D eigenvalue weighted by molar-refractivity contribution is 0.895. The third-order valence-corrected chi connectivity index (χ3v) is 1.70. The molecule has 0 aliphatic heterocycles. The Bertz CT molecular complexity index is 336. The molecule has 4 nitrogen and oxygen atoms in total. The van der Waals surface area contributed by atoms with Gasteiger partial charge in [0.1, 0.15) is 5.52 Å². The third kappa shape index (κ3) is 1.05. The normalized spacial score (nSPS) is 10.6. The molecule has 0 bridgehead atoms. The van der Waals surface area contributed by atoms with Gasteiger partial charge in [-0.1, -0.05) is 0 Å². The quantitative estimate of drug-likeness (QED) is 0.649. The number of hydrogen-bond acceptors (Lipinski definition) is 3. The Morgan fingerprint density at radius 3 is 3.18 bits per heavy atom. The number of nitrogens with zero attached hydrogens (tertiary/aromatic N) is 3. The first-order chi connectivity index (χ1) is 5.40. The molecule has 0 radical (unpaired) electrons. The number of alkyl halides is 1. The summed E-state index contributed by atoms with van der Waals surface area (Å²) in [4.78, 5) is 3.05. The van der Waals surface area contributed by atoms with Crippen LogP contribution in [0, 0.1) is 0 Å². The predicted molar refractivity (Wildman–Crippen MR) is 41.2 cm³/mol. The van der Waals surface area contributed by atoms with E-state index >= 15 is 0 Å². The molecule has 2 heterocycles. The van der Waals surface area contributed by atoms with E-state index in [1.807, 2.05) is 6.07 Å². The highest BCUT2D eigenvalue weighted by molar-refractivity contribution is 6.17.